The molecule has 0 bridgehead atoms. The summed E-state index contributed by atoms with van der Waals surface area (Å²) < 4.78 is 13.5. The number of fused-ring (bicyclic) bond motifs is 1. The second-order valence-electron chi connectivity index (χ2n) is 3.61. The molecule has 1 aliphatic rings. The Kier molecular flexibility index (Phi) is 2.54. The third kappa shape index (κ3) is 1.91. The van der Waals surface area contributed by atoms with Crippen molar-refractivity contribution in [2.45, 2.75) is 19.3 Å². The number of halogens is 1. The van der Waals surface area contributed by atoms with Gasteiger partial charge in [-0.2, -0.15) is 0 Å². The molecule has 1 N–H and O–H groups in total. The van der Waals surface area contributed by atoms with Crippen LogP contribution in [0.2, 0.25) is 0 Å². The molecule has 0 atom stereocenters. The van der Waals surface area contributed by atoms with Crippen molar-refractivity contribution in [3.8, 4) is 0 Å². The lowest BCUT2D eigenvalue weighted by Gasteiger charge is -2.17. The van der Waals surface area contributed by atoms with E-state index in [9.17, 15) is 9.18 Å². The first kappa shape index (κ1) is 9.90. The molecule has 1 aliphatic carbocycles. The molecule has 0 heterocycles. The molecule has 78 valence electrons. The molecule has 0 unspecified atom stereocenters. The molecule has 2 rings (SSSR count). The summed E-state index contributed by atoms with van der Waals surface area (Å²) in [4.78, 5) is 10.6. The predicted octanol–water partition coefficient (Wildman–Crippen LogP) is 2.63. The summed E-state index contributed by atoms with van der Waals surface area (Å²) in [6, 6.07) is 4.89. The lowest BCUT2D eigenvalue weighted by Crippen LogP contribution is -2.06. The summed E-state index contributed by atoms with van der Waals surface area (Å²) in [5.41, 5.74) is 2.00. The summed E-state index contributed by atoms with van der Waals surface area (Å²) in [5, 5.41) is 8.72. The summed E-state index contributed by atoms with van der Waals surface area (Å²) in [6.45, 7) is 0. The van der Waals surface area contributed by atoms with E-state index in [2.05, 4.69) is 0 Å². The highest BCUT2D eigenvalue weighted by Crippen LogP contribution is 2.30. The van der Waals surface area contributed by atoms with Crippen molar-refractivity contribution in [1.82, 2.24) is 0 Å². The van der Waals surface area contributed by atoms with Gasteiger partial charge in [-0.15, -0.1) is 0 Å². The van der Waals surface area contributed by atoms with Crippen LogP contribution in [0.15, 0.2) is 24.3 Å². The fourth-order valence-electron chi connectivity index (χ4n) is 1.96. The van der Waals surface area contributed by atoms with Gasteiger partial charge in [0.25, 0.3) is 0 Å². The molecular weight excluding hydrogens is 195 g/mol. The number of hydrogen-bond donors (Lipinski definition) is 1. The fraction of sp³-hybridized carbons (Fsp3) is 0.250. The Balaban J connectivity index is 2.45. The van der Waals surface area contributed by atoms with Crippen LogP contribution in [0.25, 0.3) is 5.57 Å². The highest BCUT2D eigenvalue weighted by molar-refractivity contribution is 5.85. The lowest BCUT2D eigenvalue weighted by atomic mass is 9.89. The van der Waals surface area contributed by atoms with E-state index >= 15 is 0 Å². The minimum atomic E-state index is -0.919. The molecule has 0 spiro atoms. The standard InChI is InChI=1S/C12H11FO2/c13-10-6-2-4-8-3-1-5-9(12(8)10)7-11(14)15/h2,4-6H,1,3,7H2,(H,14,15). The van der Waals surface area contributed by atoms with Gasteiger partial charge in [-0.05, 0) is 30.0 Å². The van der Waals surface area contributed by atoms with E-state index < -0.39 is 5.97 Å². The van der Waals surface area contributed by atoms with Gasteiger partial charge in [0.1, 0.15) is 5.82 Å². The van der Waals surface area contributed by atoms with E-state index in [1.54, 1.807) is 6.07 Å². The van der Waals surface area contributed by atoms with Crippen molar-refractivity contribution in [3.05, 3.63) is 41.2 Å². The van der Waals surface area contributed by atoms with E-state index in [0.717, 1.165) is 18.4 Å². The zero-order valence-corrected chi connectivity index (χ0v) is 8.16. The van der Waals surface area contributed by atoms with Crippen molar-refractivity contribution in [3.63, 3.8) is 0 Å². The van der Waals surface area contributed by atoms with Crippen molar-refractivity contribution in [1.29, 1.82) is 0 Å². The van der Waals surface area contributed by atoms with Crippen LogP contribution in [-0.4, -0.2) is 11.1 Å². The molecule has 0 radical (unpaired) electrons. The maximum Gasteiger partial charge on any atom is 0.307 e. The number of allylic oxidation sites excluding steroid dienone is 1. The van der Waals surface area contributed by atoms with Crippen LogP contribution in [0.1, 0.15) is 24.0 Å². The number of aryl methyl sites for hydroxylation is 1. The molecule has 0 saturated heterocycles. The van der Waals surface area contributed by atoms with Crippen LogP contribution < -0.4 is 0 Å². The number of aliphatic carboxylic acids is 1. The molecule has 2 nitrogen and oxygen atoms in total. The van der Waals surface area contributed by atoms with Crippen LogP contribution in [0, 0.1) is 5.82 Å². The van der Waals surface area contributed by atoms with Crippen molar-refractivity contribution in [2.24, 2.45) is 0 Å². The summed E-state index contributed by atoms with van der Waals surface area (Å²) in [6.07, 6.45) is 3.29. The summed E-state index contributed by atoms with van der Waals surface area (Å²) in [5.74, 6) is -1.24. The van der Waals surface area contributed by atoms with Gasteiger partial charge >= 0.3 is 5.97 Å². The smallest absolute Gasteiger partial charge is 0.307 e. The molecule has 1 aromatic carbocycles. The van der Waals surface area contributed by atoms with E-state index in [1.165, 1.54) is 6.07 Å². The quantitative estimate of drug-likeness (QED) is 0.807. The van der Waals surface area contributed by atoms with Gasteiger partial charge in [-0.1, -0.05) is 18.2 Å². The number of carbonyl (C=O) groups is 1. The molecule has 1 aromatic rings. The van der Waals surface area contributed by atoms with E-state index in [4.69, 9.17) is 5.11 Å². The van der Waals surface area contributed by atoms with E-state index in [0.29, 0.717) is 11.1 Å². The number of carboxylic acids is 1. The van der Waals surface area contributed by atoms with Gasteiger partial charge in [0, 0.05) is 5.56 Å². The molecule has 0 fully saturated rings. The zero-order chi connectivity index (χ0) is 10.8. The molecule has 0 amide bonds. The maximum absolute atomic E-state index is 13.5. The normalized spacial score (nSPS) is 14.3. The van der Waals surface area contributed by atoms with Crippen LogP contribution in [0.3, 0.4) is 0 Å². The number of carboxylic acid groups (broad SMARTS) is 1. The fourth-order valence-corrected chi connectivity index (χ4v) is 1.96. The van der Waals surface area contributed by atoms with Crippen molar-refractivity contribution < 1.29 is 14.3 Å². The monoisotopic (exact) mass is 206 g/mol. The van der Waals surface area contributed by atoms with Crippen molar-refractivity contribution in [2.75, 3.05) is 0 Å². The van der Waals surface area contributed by atoms with Gasteiger partial charge in [0.15, 0.2) is 0 Å². The zero-order valence-electron chi connectivity index (χ0n) is 8.16. The Labute approximate surface area is 87.0 Å². The highest BCUT2D eigenvalue weighted by atomic mass is 19.1. The Bertz CT molecular complexity index is 435. The second kappa shape index (κ2) is 3.85. The van der Waals surface area contributed by atoms with Crippen LogP contribution >= 0.6 is 0 Å². The summed E-state index contributed by atoms with van der Waals surface area (Å²) in [7, 11) is 0. The number of rotatable bonds is 2. The predicted molar refractivity (Wildman–Crippen MR) is 55.0 cm³/mol. The van der Waals surface area contributed by atoms with E-state index in [-0.39, 0.29) is 12.2 Å². The van der Waals surface area contributed by atoms with Crippen molar-refractivity contribution >= 4 is 11.5 Å². The van der Waals surface area contributed by atoms with Gasteiger partial charge < -0.3 is 5.11 Å². The first-order valence-electron chi connectivity index (χ1n) is 4.87. The molecule has 3 heteroatoms. The average Bonchev–Trinajstić information content (AvgIpc) is 2.17. The van der Waals surface area contributed by atoms with Crippen LogP contribution in [0.4, 0.5) is 4.39 Å². The van der Waals surface area contributed by atoms with Gasteiger partial charge in [-0.3, -0.25) is 4.79 Å². The lowest BCUT2D eigenvalue weighted by molar-refractivity contribution is -0.135. The SMILES string of the molecule is O=C(O)CC1=CCCc2cccc(F)c21. The Morgan fingerprint density at radius 3 is 3.00 bits per heavy atom. The molecule has 0 aliphatic heterocycles. The Morgan fingerprint density at radius 1 is 1.47 bits per heavy atom. The third-order valence-electron chi connectivity index (χ3n) is 2.57. The molecule has 15 heavy (non-hydrogen) atoms. The van der Waals surface area contributed by atoms with E-state index in [1.807, 2.05) is 12.1 Å². The molecule has 0 saturated carbocycles. The second-order valence-corrected chi connectivity index (χ2v) is 3.61. The summed E-state index contributed by atoms with van der Waals surface area (Å²) >= 11 is 0. The minimum absolute atomic E-state index is 0.103. The topological polar surface area (TPSA) is 37.3 Å². The highest BCUT2D eigenvalue weighted by Gasteiger charge is 2.18. The van der Waals surface area contributed by atoms with Crippen LogP contribution in [0.5, 0.6) is 0 Å². The first-order valence-corrected chi connectivity index (χ1v) is 4.87. The van der Waals surface area contributed by atoms with Gasteiger partial charge in [-0.25, -0.2) is 4.39 Å². The maximum atomic E-state index is 13.5. The Morgan fingerprint density at radius 2 is 2.27 bits per heavy atom. The number of benzene rings is 1. The largest absolute Gasteiger partial charge is 0.481 e. The average molecular weight is 206 g/mol. The Hall–Kier alpha value is -1.64. The van der Waals surface area contributed by atoms with Gasteiger partial charge in [0.2, 0.25) is 0 Å². The van der Waals surface area contributed by atoms with Gasteiger partial charge in [0.05, 0.1) is 6.42 Å². The van der Waals surface area contributed by atoms with Crippen LogP contribution in [-0.2, 0) is 11.2 Å². The minimum Gasteiger partial charge on any atom is -0.481 e. The molecule has 0 aromatic heterocycles. The number of hydrogen-bond acceptors (Lipinski definition) is 1. The first-order chi connectivity index (χ1) is 7.18. The third-order valence-corrected chi connectivity index (χ3v) is 2.57. The molecular formula is C12H11FO2.